The smallest absolute Gasteiger partial charge is 0.223 e. The third-order valence-corrected chi connectivity index (χ3v) is 2.90. The summed E-state index contributed by atoms with van der Waals surface area (Å²) in [4.78, 5) is 19.9. The summed E-state index contributed by atoms with van der Waals surface area (Å²) in [5, 5.41) is 2.95. The van der Waals surface area contributed by atoms with Gasteiger partial charge in [0.25, 0.3) is 0 Å². The Morgan fingerprint density at radius 1 is 1.47 bits per heavy atom. The Kier molecular flexibility index (Phi) is 3.13. The molecule has 4 heteroatoms. The molecule has 1 fully saturated rings. The van der Waals surface area contributed by atoms with Crippen LogP contribution in [-0.2, 0) is 16.8 Å². The van der Waals surface area contributed by atoms with Crippen LogP contribution in [0.25, 0.3) is 0 Å². The van der Waals surface area contributed by atoms with Gasteiger partial charge in [0.1, 0.15) is 6.33 Å². The maximum absolute atomic E-state index is 11.6. The summed E-state index contributed by atoms with van der Waals surface area (Å²) in [6.45, 7) is 6.87. The van der Waals surface area contributed by atoms with E-state index in [9.17, 15) is 4.79 Å². The fourth-order valence-corrected chi connectivity index (χ4v) is 1.84. The minimum Gasteiger partial charge on any atom is -0.352 e. The highest BCUT2D eigenvalue weighted by Crippen LogP contribution is 2.29. The number of carbonyl (C=O) groups excluding carboxylic acids is 1. The number of rotatable bonds is 3. The molecule has 0 aliphatic heterocycles. The van der Waals surface area contributed by atoms with Crippen molar-refractivity contribution in [2.45, 2.75) is 45.6 Å². The zero-order chi connectivity index (χ0) is 12.5. The summed E-state index contributed by atoms with van der Waals surface area (Å²) >= 11 is 0. The van der Waals surface area contributed by atoms with Gasteiger partial charge in [-0.05, 0) is 12.8 Å². The molecule has 1 N–H and O–H groups in total. The molecule has 0 bridgehead atoms. The van der Waals surface area contributed by atoms with E-state index in [1.807, 2.05) is 0 Å². The average molecular weight is 233 g/mol. The van der Waals surface area contributed by atoms with Crippen LogP contribution in [0.5, 0.6) is 0 Å². The first-order chi connectivity index (χ1) is 7.98. The first kappa shape index (κ1) is 12.0. The Labute approximate surface area is 102 Å². The Hall–Kier alpha value is -1.45. The summed E-state index contributed by atoms with van der Waals surface area (Å²) in [5.41, 5.74) is 1.99. The largest absolute Gasteiger partial charge is 0.352 e. The van der Waals surface area contributed by atoms with E-state index < -0.39 is 0 Å². The molecule has 92 valence electrons. The molecule has 0 unspecified atom stereocenters. The first-order valence-electron chi connectivity index (χ1n) is 6.05. The highest BCUT2D eigenvalue weighted by molar-refractivity contribution is 5.80. The van der Waals surface area contributed by atoms with Gasteiger partial charge in [0.05, 0.1) is 5.69 Å². The molecule has 0 spiro atoms. The molecular formula is C13H19N3O. The second kappa shape index (κ2) is 4.43. The van der Waals surface area contributed by atoms with Crippen LogP contribution in [0.4, 0.5) is 0 Å². The topological polar surface area (TPSA) is 54.9 Å². The number of nitrogens with zero attached hydrogens (tertiary/aromatic N) is 2. The Balaban J connectivity index is 2.06. The number of aromatic nitrogens is 2. The van der Waals surface area contributed by atoms with Gasteiger partial charge in [-0.1, -0.05) is 20.8 Å². The zero-order valence-electron chi connectivity index (χ0n) is 10.7. The van der Waals surface area contributed by atoms with Gasteiger partial charge in [-0.15, -0.1) is 0 Å². The maximum atomic E-state index is 11.6. The molecule has 0 radical (unpaired) electrons. The molecule has 4 nitrogen and oxygen atoms in total. The Bertz CT molecular complexity index is 419. The van der Waals surface area contributed by atoms with Gasteiger partial charge < -0.3 is 5.32 Å². The Morgan fingerprint density at radius 2 is 2.18 bits per heavy atom. The molecule has 1 amide bonds. The molecule has 17 heavy (non-hydrogen) atoms. The van der Waals surface area contributed by atoms with Crippen molar-refractivity contribution in [1.29, 1.82) is 0 Å². The fourth-order valence-electron chi connectivity index (χ4n) is 1.84. The van der Waals surface area contributed by atoms with Crippen molar-refractivity contribution < 1.29 is 4.79 Å². The standard InChI is InChI=1S/C13H19N3O/c1-13(2,3)11-10(6-14-8-16-11)7-15-12(17)9-4-5-9/h6,8-9H,4-5,7H2,1-3H3,(H,15,17). The van der Waals surface area contributed by atoms with Crippen molar-refractivity contribution in [3.05, 3.63) is 23.8 Å². The van der Waals surface area contributed by atoms with E-state index in [-0.39, 0.29) is 17.2 Å². The minimum absolute atomic E-state index is 0.0252. The van der Waals surface area contributed by atoms with E-state index in [1.54, 1.807) is 12.5 Å². The second-order valence-electron chi connectivity index (χ2n) is 5.64. The van der Waals surface area contributed by atoms with Crippen molar-refractivity contribution in [3.8, 4) is 0 Å². The molecule has 1 aliphatic rings. The third kappa shape index (κ3) is 3.02. The van der Waals surface area contributed by atoms with E-state index >= 15 is 0 Å². The van der Waals surface area contributed by atoms with Gasteiger partial charge in [0.2, 0.25) is 5.91 Å². The number of hydrogen-bond donors (Lipinski definition) is 1. The normalized spacial score (nSPS) is 15.7. The average Bonchev–Trinajstić information content (AvgIpc) is 3.08. The van der Waals surface area contributed by atoms with Gasteiger partial charge in [0.15, 0.2) is 0 Å². The van der Waals surface area contributed by atoms with Crippen LogP contribution < -0.4 is 5.32 Å². The van der Waals surface area contributed by atoms with Crippen LogP contribution >= 0.6 is 0 Å². The van der Waals surface area contributed by atoms with Crippen LogP contribution in [0.1, 0.15) is 44.9 Å². The van der Waals surface area contributed by atoms with Crippen molar-refractivity contribution in [2.75, 3.05) is 0 Å². The fraction of sp³-hybridized carbons (Fsp3) is 0.615. The molecule has 0 aromatic carbocycles. The molecule has 1 aromatic rings. The summed E-state index contributed by atoms with van der Waals surface area (Å²) in [7, 11) is 0. The molecule has 0 atom stereocenters. The minimum atomic E-state index is -0.0252. The number of hydrogen-bond acceptors (Lipinski definition) is 3. The lowest BCUT2D eigenvalue weighted by Crippen LogP contribution is -2.27. The zero-order valence-corrected chi connectivity index (χ0v) is 10.7. The van der Waals surface area contributed by atoms with Gasteiger partial charge >= 0.3 is 0 Å². The number of carbonyl (C=O) groups is 1. The molecule has 2 rings (SSSR count). The van der Waals surface area contributed by atoms with Crippen LogP contribution in [0.3, 0.4) is 0 Å². The van der Waals surface area contributed by atoms with Crippen molar-refractivity contribution >= 4 is 5.91 Å². The van der Waals surface area contributed by atoms with E-state index in [1.165, 1.54) is 0 Å². The molecule has 1 aromatic heterocycles. The predicted molar refractivity (Wildman–Crippen MR) is 65.3 cm³/mol. The van der Waals surface area contributed by atoms with Gasteiger partial charge in [-0.2, -0.15) is 0 Å². The van der Waals surface area contributed by atoms with Crippen molar-refractivity contribution in [3.63, 3.8) is 0 Å². The van der Waals surface area contributed by atoms with Crippen LogP contribution in [0, 0.1) is 5.92 Å². The van der Waals surface area contributed by atoms with Gasteiger partial charge in [-0.25, -0.2) is 9.97 Å². The lowest BCUT2D eigenvalue weighted by atomic mass is 9.89. The number of nitrogens with one attached hydrogen (secondary N) is 1. The quantitative estimate of drug-likeness (QED) is 0.866. The van der Waals surface area contributed by atoms with E-state index in [2.05, 4.69) is 36.1 Å². The third-order valence-electron chi connectivity index (χ3n) is 2.90. The summed E-state index contributed by atoms with van der Waals surface area (Å²) in [6.07, 6.45) is 5.42. The van der Waals surface area contributed by atoms with Crippen LogP contribution in [0.15, 0.2) is 12.5 Å². The first-order valence-corrected chi connectivity index (χ1v) is 6.05. The van der Waals surface area contributed by atoms with Crippen molar-refractivity contribution in [2.24, 2.45) is 5.92 Å². The molecular weight excluding hydrogens is 214 g/mol. The highest BCUT2D eigenvalue weighted by atomic mass is 16.2. The summed E-state index contributed by atoms with van der Waals surface area (Å²) < 4.78 is 0. The van der Waals surface area contributed by atoms with Crippen LogP contribution in [-0.4, -0.2) is 15.9 Å². The van der Waals surface area contributed by atoms with Crippen LogP contribution in [0.2, 0.25) is 0 Å². The highest BCUT2D eigenvalue weighted by Gasteiger charge is 2.29. The monoisotopic (exact) mass is 233 g/mol. The summed E-state index contributed by atoms with van der Waals surface area (Å²) in [6, 6.07) is 0. The van der Waals surface area contributed by atoms with Gasteiger partial charge in [0, 0.05) is 29.6 Å². The lowest BCUT2D eigenvalue weighted by Gasteiger charge is -2.20. The molecule has 1 aliphatic carbocycles. The maximum Gasteiger partial charge on any atom is 0.223 e. The lowest BCUT2D eigenvalue weighted by molar-refractivity contribution is -0.122. The molecule has 0 saturated heterocycles. The SMILES string of the molecule is CC(C)(C)c1ncncc1CNC(=O)C1CC1. The van der Waals surface area contributed by atoms with E-state index in [4.69, 9.17) is 0 Å². The molecule has 1 heterocycles. The van der Waals surface area contributed by atoms with E-state index in [0.717, 1.165) is 24.1 Å². The van der Waals surface area contributed by atoms with Gasteiger partial charge in [-0.3, -0.25) is 4.79 Å². The van der Waals surface area contributed by atoms with E-state index in [0.29, 0.717) is 6.54 Å². The second-order valence-corrected chi connectivity index (χ2v) is 5.64. The summed E-state index contributed by atoms with van der Waals surface area (Å²) in [5.74, 6) is 0.409. The number of amides is 1. The molecule has 1 saturated carbocycles. The Morgan fingerprint density at radius 3 is 2.76 bits per heavy atom. The predicted octanol–water partition coefficient (Wildman–Crippen LogP) is 1.80. The van der Waals surface area contributed by atoms with Crippen molar-refractivity contribution in [1.82, 2.24) is 15.3 Å².